The van der Waals surface area contributed by atoms with Crippen LogP contribution < -0.4 is 5.32 Å². The number of ether oxygens (including phenoxy) is 2. The highest BCUT2D eigenvalue weighted by Gasteiger charge is 2.06. The first-order valence-corrected chi connectivity index (χ1v) is 5.39. The van der Waals surface area contributed by atoms with Crippen molar-refractivity contribution >= 4 is 11.9 Å². The van der Waals surface area contributed by atoms with Gasteiger partial charge in [-0.2, -0.15) is 0 Å². The summed E-state index contributed by atoms with van der Waals surface area (Å²) < 4.78 is 9.84. The van der Waals surface area contributed by atoms with Crippen molar-refractivity contribution in [1.82, 2.24) is 5.32 Å². The topological polar surface area (TPSA) is 71.4 Å². The molecule has 0 unspecified atom stereocenters. The second-order valence-corrected chi connectivity index (χ2v) is 3.20. The summed E-state index contributed by atoms with van der Waals surface area (Å²) in [5.74, 6) is 0.0204. The minimum Gasteiger partial charge on any atom is -0.447 e. The standard InChI is InChI=1S/C12H16N2O3/c1-2-16-8-9-17-12(15)14-11(13)10-6-4-3-5-7-10/h3-7H,2,8-9H2,1H3,(H2,13,14,15). The molecule has 2 N–H and O–H groups in total. The largest absolute Gasteiger partial charge is 0.447 e. The molecule has 0 fully saturated rings. The van der Waals surface area contributed by atoms with Gasteiger partial charge in [-0.25, -0.2) is 4.79 Å². The second-order valence-electron chi connectivity index (χ2n) is 3.20. The minimum atomic E-state index is -0.640. The molecular weight excluding hydrogens is 220 g/mol. The molecule has 0 atom stereocenters. The molecule has 0 heterocycles. The minimum absolute atomic E-state index is 0.0204. The molecule has 1 rings (SSSR count). The average Bonchev–Trinajstić information content (AvgIpc) is 2.36. The first-order chi connectivity index (χ1) is 8.24. The van der Waals surface area contributed by atoms with E-state index in [1.807, 2.05) is 13.0 Å². The van der Waals surface area contributed by atoms with Crippen molar-refractivity contribution in [3.63, 3.8) is 0 Å². The van der Waals surface area contributed by atoms with Gasteiger partial charge in [0.15, 0.2) is 0 Å². The van der Waals surface area contributed by atoms with Crippen LogP contribution in [0.1, 0.15) is 12.5 Å². The van der Waals surface area contributed by atoms with Crippen molar-refractivity contribution < 1.29 is 14.3 Å². The van der Waals surface area contributed by atoms with Crippen LogP contribution in [0.4, 0.5) is 4.79 Å². The van der Waals surface area contributed by atoms with Crippen LogP contribution in [0, 0.1) is 5.41 Å². The molecule has 0 aliphatic rings. The maximum absolute atomic E-state index is 11.3. The van der Waals surface area contributed by atoms with Crippen molar-refractivity contribution in [2.24, 2.45) is 0 Å². The molecule has 0 bridgehead atoms. The van der Waals surface area contributed by atoms with Crippen molar-refractivity contribution in [2.75, 3.05) is 19.8 Å². The fourth-order valence-corrected chi connectivity index (χ4v) is 1.15. The van der Waals surface area contributed by atoms with Crippen molar-refractivity contribution in [3.05, 3.63) is 35.9 Å². The van der Waals surface area contributed by atoms with Gasteiger partial charge in [0, 0.05) is 12.2 Å². The first-order valence-electron chi connectivity index (χ1n) is 5.39. The monoisotopic (exact) mass is 236 g/mol. The number of amidine groups is 1. The smallest absolute Gasteiger partial charge is 0.412 e. The van der Waals surface area contributed by atoms with Crippen LogP contribution in [0.3, 0.4) is 0 Å². The van der Waals surface area contributed by atoms with E-state index in [0.717, 1.165) is 0 Å². The summed E-state index contributed by atoms with van der Waals surface area (Å²) in [7, 11) is 0. The third kappa shape index (κ3) is 5.12. The molecule has 5 heteroatoms. The Balaban J connectivity index is 2.29. The van der Waals surface area contributed by atoms with Crippen molar-refractivity contribution in [1.29, 1.82) is 5.41 Å². The molecule has 0 spiro atoms. The van der Waals surface area contributed by atoms with Gasteiger partial charge in [-0.3, -0.25) is 10.7 Å². The van der Waals surface area contributed by atoms with E-state index in [2.05, 4.69) is 5.32 Å². The van der Waals surface area contributed by atoms with E-state index in [0.29, 0.717) is 18.8 Å². The molecule has 0 aromatic heterocycles. The molecule has 0 saturated heterocycles. The summed E-state index contributed by atoms with van der Waals surface area (Å²) in [6, 6.07) is 8.92. The normalized spacial score (nSPS) is 9.71. The Morgan fingerprint density at radius 1 is 1.29 bits per heavy atom. The molecule has 5 nitrogen and oxygen atoms in total. The molecule has 92 valence electrons. The van der Waals surface area contributed by atoms with Gasteiger partial charge in [-0.15, -0.1) is 0 Å². The molecule has 1 aromatic rings. The highest BCUT2D eigenvalue weighted by atomic mass is 16.6. The van der Waals surface area contributed by atoms with Gasteiger partial charge in [0.05, 0.1) is 6.61 Å². The van der Waals surface area contributed by atoms with Gasteiger partial charge in [-0.1, -0.05) is 30.3 Å². The Bertz CT molecular complexity index is 365. The van der Waals surface area contributed by atoms with E-state index in [1.54, 1.807) is 24.3 Å². The number of benzene rings is 1. The van der Waals surface area contributed by atoms with Crippen LogP contribution in [0.25, 0.3) is 0 Å². The van der Waals surface area contributed by atoms with E-state index in [4.69, 9.17) is 14.9 Å². The zero-order valence-electron chi connectivity index (χ0n) is 9.73. The fraction of sp³-hybridized carbons (Fsp3) is 0.333. The van der Waals surface area contributed by atoms with E-state index < -0.39 is 6.09 Å². The number of hydrogen-bond acceptors (Lipinski definition) is 4. The number of rotatable bonds is 5. The second kappa shape index (κ2) is 7.40. The number of carbonyl (C=O) groups is 1. The van der Waals surface area contributed by atoms with E-state index >= 15 is 0 Å². The van der Waals surface area contributed by atoms with Crippen LogP contribution in [-0.4, -0.2) is 31.7 Å². The van der Waals surface area contributed by atoms with Gasteiger partial charge in [0.2, 0.25) is 0 Å². The molecule has 1 aromatic carbocycles. The highest BCUT2D eigenvalue weighted by Crippen LogP contribution is 1.97. The maximum Gasteiger partial charge on any atom is 0.412 e. The van der Waals surface area contributed by atoms with Gasteiger partial charge >= 0.3 is 6.09 Å². The molecule has 1 amide bonds. The fourth-order valence-electron chi connectivity index (χ4n) is 1.15. The molecule has 0 radical (unpaired) electrons. The molecule has 0 saturated carbocycles. The Labute approximate surface area is 100 Å². The Hall–Kier alpha value is -1.88. The Morgan fingerprint density at radius 2 is 2.00 bits per heavy atom. The average molecular weight is 236 g/mol. The van der Waals surface area contributed by atoms with Crippen molar-refractivity contribution in [3.8, 4) is 0 Å². The van der Waals surface area contributed by atoms with Crippen molar-refractivity contribution in [2.45, 2.75) is 6.92 Å². The number of amides is 1. The summed E-state index contributed by atoms with van der Waals surface area (Å²) in [5, 5.41) is 9.97. The maximum atomic E-state index is 11.3. The summed E-state index contributed by atoms with van der Waals surface area (Å²) in [6.07, 6.45) is -0.640. The third-order valence-electron chi connectivity index (χ3n) is 1.95. The van der Waals surface area contributed by atoms with Crippen LogP contribution in [0.15, 0.2) is 30.3 Å². The number of hydrogen-bond donors (Lipinski definition) is 2. The molecule has 0 aliphatic carbocycles. The Kier molecular flexibility index (Phi) is 5.74. The summed E-state index contributed by atoms with van der Waals surface area (Å²) >= 11 is 0. The quantitative estimate of drug-likeness (QED) is 0.465. The lowest BCUT2D eigenvalue weighted by Gasteiger charge is -2.07. The predicted octanol–water partition coefficient (Wildman–Crippen LogP) is 1.77. The summed E-state index contributed by atoms with van der Waals surface area (Å²) in [6.45, 7) is 3.00. The highest BCUT2D eigenvalue weighted by molar-refractivity contribution is 6.04. The van der Waals surface area contributed by atoms with Gasteiger partial charge in [-0.05, 0) is 6.92 Å². The third-order valence-corrected chi connectivity index (χ3v) is 1.95. The summed E-state index contributed by atoms with van der Waals surface area (Å²) in [4.78, 5) is 11.3. The van der Waals surface area contributed by atoms with Gasteiger partial charge in [0.1, 0.15) is 12.4 Å². The number of nitrogens with one attached hydrogen (secondary N) is 2. The lowest BCUT2D eigenvalue weighted by atomic mass is 10.2. The van der Waals surface area contributed by atoms with Gasteiger partial charge in [0.25, 0.3) is 0 Å². The number of alkyl carbamates (subject to hydrolysis) is 1. The molecule has 17 heavy (non-hydrogen) atoms. The Morgan fingerprint density at radius 3 is 2.65 bits per heavy atom. The van der Waals surface area contributed by atoms with E-state index in [9.17, 15) is 4.79 Å². The molecule has 0 aliphatic heterocycles. The van der Waals surface area contributed by atoms with E-state index in [1.165, 1.54) is 0 Å². The lowest BCUT2D eigenvalue weighted by molar-refractivity contribution is 0.0810. The zero-order valence-corrected chi connectivity index (χ0v) is 9.73. The predicted molar refractivity (Wildman–Crippen MR) is 64.2 cm³/mol. The van der Waals surface area contributed by atoms with Gasteiger partial charge < -0.3 is 9.47 Å². The molecular formula is C12H16N2O3. The zero-order chi connectivity index (χ0) is 12.5. The van der Waals surface area contributed by atoms with Crippen LogP contribution in [0.5, 0.6) is 0 Å². The lowest BCUT2D eigenvalue weighted by Crippen LogP contribution is -2.31. The number of carbonyl (C=O) groups excluding carboxylic acids is 1. The summed E-state index contributed by atoms with van der Waals surface area (Å²) in [5.41, 5.74) is 0.634. The van der Waals surface area contributed by atoms with E-state index in [-0.39, 0.29) is 12.4 Å². The van der Waals surface area contributed by atoms with Crippen LogP contribution in [-0.2, 0) is 9.47 Å². The SMILES string of the molecule is CCOCCOC(=O)NC(=N)c1ccccc1. The van der Waals surface area contributed by atoms with Crippen LogP contribution in [0.2, 0.25) is 0 Å². The first kappa shape index (κ1) is 13.2. The van der Waals surface area contributed by atoms with Crippen LogP contribution >= 0.6 is 0 Å².